The van der Waals surface area contributed by atoms with Crippen molar-refractivity contribution in [3.05, 3.63) is 58.9 Å². The van der Waals surface area contributed by atoms with Gasteiger partial charge in [-0.1, -0.05) is 44.2 Å². The minimum atomic E-state index is -0.000325. The Morgan fingerprint density at radius 2 is 1.96 bits per heavy atom. The fourth-order valence-electron chi connectivity index (χ4n) is 5.32. The van der Waals surface area contributed by atoms with Crippen LogP contribution >= 0.6 is 0 Å². The van der Waals surface area contributed by atoms with E-state index in [0.29, 0.717) is 5.92 Å². The predicted molar refractivity (Wildman–Crippen MR) is 107 cm³/mol. The third-order valence-electron chi connectivity index (χ3n) is 6.79. The summed E-state index contributed by atoms with van der Waals surface area (Å²) in [5.41, 5.74) is 4.17. The number of benzene rings is 1. The Morgan fingerprint density at radius 3 is 2.67 bits per heavy atom. The van der Waals surface area contributed by atoms with Crippen LogP contribution in [0.15, 0.2) is 36.4 Å². The largest absolute Gasteiger partial charge is 0.377 e. The van der Waals surface area contributed by atoms with Gasteiger partial charge in [0.05, 0.1) is 17.7 Å². The Labute approximate surface area is 161 Å². The molecule has 144 valence electrons. The molecule has 2 aromatic rings. The van der Waals surface area contributed by atoms with Gasteiger partial charge >= 0.3 is 0 Å². The Bertz CT molecular complexity index is 853. The lowest BCUT2D eigenvalue weighted by molar-refractivity contribution is -0.108. The smallest absolute Gasteiger partial charge is 0.253 e. The van der Waals surface area contributed by atoms with Gasteiger partial charge in [-0.25, -0.2) is 0 Å². The van der Waals surface area contributed by atoms with Gasteiger partial charge in [-0.3, -0.25) is 4.79 Å². The highest BCUT2D eigenvalue weighted by molar-refractivity contribution is 5.96. The van der Waals surface area contributed by atoms with E-state index < -0.39 is 0 Å². The maximum absolute atomic E-state index is 13.1. The molecule has 1 amide bonds. The average molecular weight is 367 g/mol. The van der Waals surface area contributed by atoms with E-state index in [1.54, 1.807) is 0 Å². The molecule has 1 saturated carbocycles. The molecule has 1 aliphatic carbocycles. The van der Waals surface area contributed by atoms with Crippen molar-refractivity contribution in [2.45, 2.75) is 59.2 Å². The Kier molecular flexibility index (Phi) is 4.42. The van der Waals surface area contributed by atoms with Gasteiger partial charge in [0.2, 0.25) is 0 Å². The second-order valence-electron chi connectivity index (χ2n) is 8.76. The second kappa shape index (κ2) is 6.52. The number of fused-ring (bicyclic) bond motifs is 1. The van der Waals surface area contributed by atoms with Crippen LogP contribution in [-0.2, 0) is 4.74 Å². The average Bonchev–Trinajstić information content (AvgIpc) is 3.23. The molecule has 1 aliphatic heterocycles. The van der Waals surface area contributed by atoms with E-state index in [9.17, 15) is 4.79 Å². The number of aromatic nitrogens is 1. The monoisotopic (exact) mass is 366 g/mol. The quantitative estimate of drug-likeness (QED) is 0.879. The molecule has 0 unspecified atom stereocenters. The van der Waals surface area contributed by atoms with E-state index >= 15 is 0 Å². The van der Waals surface area contributed by atoms with Crippen LogP contribution in [-0.4, -0.2) is 29.2 Å². The molecule has 1 aromatic carbocycles. The molecule has 4 atom stereocenters. The van der Waals surface area contributed by atoms with Crippen molar-refractivity contribution < 1.29 is 9.53 Å². The first kappa shape index (κ1) is 18.3. The Hall–Kier alpha value is -2.07. The summed E-state index contributed by atoms with van der Waals surface area (Å²) >= 11 is 0. The van der Waals surface area contributed by atoms with E-state index in [4.69, 9.17) is 4.74 Å². The van der Waals surface area contributed by atoms with E-state index in [0.717, 1.165) is 30.0 Å². The zero-order chi connectivity index (χ0) is 19.3. The van der Waals surface area contributed by atoms with Crippen molar-refractivity contribution in [3.8, 4) is 0 Å². The third-order valence-corrected chi connectivity index (χ3v) is 6.79. The zero-order valence-electron chi connectivity index (χ0n) is 17.0. The lowest BCUT2D eigenvalue weighted by Crippen LogP contribution is -2.66. The van der Waals surface area contributed by atoms with Crippen LogP contribution in [0.3, 0.4) is 0 Å². The lowest BCUT2D eigenvalue weighted by Gasteiger charge is -2.54. The number of hydrogen-bond acceptors (Lipinski definition) is 2. The molecule has 2 heterocycles. The molecule has 1 saturated heterocycles. The number of carbonyl (C=O) groups is 1. The van der Waals surface area contributed by atoms with Crippen LogP contribution in [0.1, 0.15) is 60.5 Å². The minimum absolute atomic E-state index is 0.000325. The summed E-state index contributed by atoms with van der Waals surface area (Å²) in [6, 6.07) is 12.8. The third kappa shape index (κ3) is 2.82. The highest BCUT2D eigenvalue weighted by atomic mass is 16.5. The fourth-order valence-corrected chi connectivity index (χ4v) is 5.32. The summed E-state index contributed by atoms with van der Waals surface area (Å²) in [4.78, 5) is 13.1. The van der Waals surface area contributed by atoms with Gasteiger partial charge in [-0.05, 0) is 38.8 Å². The van der Waals surface area contributed by atoms with Crippen LogP contribution in [0.5, 0.6) is 0 Å². The number of nitrogens with one attached hydrogen (secondary N) is 1. The van der Waals surface area contributed by atoms with E-state index in [2.05, 4.69) is 68.8 Å². The SMILES string of the molecule is Cc1cc(C(=O)N[C@@H]2[C@@H]3CCO[C@H]3C2(C)C)c(C)n1[C@H](C)c1ccccc1. The molecular formula is C23H30N2O2. The summed E-state index contributed by atoms with van der Waals surface area (Å²) < 4.78 is 8.12. The first-order valence-electron chi connectivity index (χ1n) is 9.98. The van der Waals surface area contributed by atoms with Crippen molar-refractivity contribution in [3.63, 3.8) is 0 Å². The Balaban J connectivity index is 1.57. The van der Waals surface area contributed by atoms with E-state index in [1.807, 2.05) is 12.1 Å². The predicted octanol–water partition coefficient (Wildman–Crippen LogP) is 4.26. The molecule has 0 spiro atoms. The van der Waals surface area contributed by atoms with E-state index in [1.165, 1.54) is 5.56 Å². The van der Waals surface area contributed by atoms with Crippen molar-refractivity contribution in [2.75, 3.05) is 6.61 Å². The molecule has 1 aromatic heterocycles. The normalized spacial score (nSPS) is 26.9. The van der Waals surface area contributed by atoms with Crippen LogP contribution in [0.4, 0.5) is 0 Å². The molecule has 27 heavy (non-hydrogen) atoms. The van der Waals surface area contributed by atoms with Crippen molar-refractivity contribution >= 4 is 5.91 Å². The second-order valence-corrected chi connectivity index (χ2v) is 8.76. The summed E-state index contributed by atoms with van der Waals surface area (Å²) in [6.45, 7) is 11.5. The summed E-state index contributed by atoms with van der Waals surface area (Å²) in [5, 5.41) is 3.32. The lowest BCUT2D eigenvalue weighted by atomic mass is 9.57. The summed E-state index contributed by atoms with van der Waals surface area (Å²) in [6.07, 6.45) is 1.33. The standard InChI is InChI=1S/C23H30N2O2/c1-14-13-19(16(3)25(14)15(2)17-9-7-6-8-10-17)22(26)24-20-18-11-12-27-21(18)23(20,4)5/h6-10,13,15,18,20-21H,11-12H2,1-5H3,(H,24,26)/t15-,18+,20-,21-/m1/s1. The van der Waals surface area contributed by atoms with Crippen LogP contribution in [0.2, 0.25) is 0 Å². The fraction of sp³-hybridized carbons (Fsp3) is 0.522. The maximum atomic E-state index is 13.1. The van der Waals surface area contributed by atoms with Crippen LogP contribution < -0.4 is 5.32 Å². The van der Waals surface area contributed by atoms with E-state index in [-0.39, 0.29) is 29.5 Å². The molecule has 0 radical (unpaired) electrons. The molecule has 4 rings (SSSR count). The van der Waals surface area contributed by atoms with Crippen LogP contribution in [0, 0.1) is 25.2 Å². The number of ether oxygens (including phenoxy) is 1. The number of hydrogen-bond donors (Lipinski definition) is 1. The number of rotatable bonds is 4. The van der Waals surface area contributed by atoms with Crippen molar-refractivity contribution in [1.29, 1.82) is 0 Å². The molecule has 4 nitrogen and oxygen atoms in total. The van der Waals surface area contributed by atoms with Gasteiger partial charge in [-0.2, -0.15) is 0 Å². The summed E-state index contributed by atoms with van der Waals surface area (Å²) in [5.74, 6) is 0.494. The number of amides is 1. The summed E-state index contributed by atoms with van der Waals surface area (Å²) in [7, 11) is 0. The van der Waals surface area contributed by atoms with Gasteiger partial charge in [0.25, 0.3) is 5.91 Å². The minimum Gasteiger partial charge on any atom is -0.377 e. The van der Waals surface area contributed by atoms with Crippen molar-refractivity contribution in [1.82, 2.24) is 9.88 Å². The highest BCUT2D eigenvalue weighted by Crippen LogP contribution is 2.52. The van der Waals surface area contributed by atoms with Gasteiger partial charge in [-0.15, -0.1) is 0 Å². The van der Waals surface area contributed by atoms with Crippen LogP contribution in [0.25, 0.3) is 0 Å². The first-order valence-corrected chi connectivity index (χ1v) is 9.98. The van der Waals surface area contributed by atoms with Gasteiger partial charge in [0.15, 0.2) is 0 Å². The molecule has 2 fully saturated rings. The first-order chi connectivity index (χ1) is 12.8. The molecular weight excluding hydrogens is 336 g/mol. The molecule has 1 N–H and O–H groups in total. The maximum Gasteiger partial charge on any atom is 0.253 e. The zero-order valence-corrected chi connectivity index (χ0v) is 17.0. The number of aryl methyl sites for hydroxylation is 1. The van der Waals surface area contributed by atoms with Gasteiger partial charge < -0.3 is 14.6 Å². The number of carbonyl (C=O) groups excluding carboxylic acids is 1. The highest BCUT2D eigenvalue weighted by Gasteiger charge is 2.59. The van der Waals surface area contributed by atoms with Gasteiger partial charge in [0.1, 0.15) is 0 Å². The van der Waals surface area contributed by atoms with Crippen molar-refractivity contribution in [2.24, 2.45) is 11.3 Å². The van der Waals surface area contributed by atoms with Gasteiger partial charge in [0, 0.05) is 35.4 Å². The molecule has 0 bridgehead atoms. The molecule has 2 aliphatic rings. The molecule has 4 heteroatoms. The number of nitrogens with zero attached hydrogens (tertiary/aromatic N) is 1. The topological polar surface area (TPSA) is 43.3 Å². The Morgan fingerprint density at radius 1 is 1.26 bits per heavy atom.